The lowest BCUT2D eigenvalue weighted by molar-refractivity contribution is -0.0735. The molecule has 21 heavy (non-hydrogen) atoms. The lowest BCUT2D eigenvalue weighted by Gasteiger charge is -2.21. The Bertz CT molecular complexity index is 484. The molecule has 1 aromatic carbocycles. The van der Waals surface area contributed by atoms with Gasteiger partial charge in [0.2, 0.25) is 0 Å². The minimum Gasteiger partial charge on any atom is -0.509 e. The highest BCUT2D eigenvalue weighted by atomic mass is 16.4. The SMILES string of the molecule is CCCc1cc(C=C(O)[C@H](O)[C@@H](O)[C@H](O)CO)ccc1C. The van der Waals surface area contributed by atoms with E-state index in [1.54, 1.807) is 6.07 Å². The van der Waals surface area contributed by atoms with Gasteiger partial charge in [0.15, 0.2) is 0 Å². The summed E-state index contributed by atoms with van der Waals surface area (Å²) in [5.41, 5.74) is 3.01. The number of hydrogen-bond donors (Lipinski definition) is 5. The average Bonchev–Trinajstić information content (AvgIpc) is 2.48. The van der Waals surface area contributed by atoms with Gasteiger partial charge in [-0.1, -0.05) is 31.5 Å². The van der Waals surface area contributed by atoms with Crippen LogP contribution in [-0.4, -0.2) is 50.5 Å². The summed E-state index contributed by atoms with van der Waals surface area (Å²) in [5, 5.41) is 47.1. The van der Waals surface area contributed by atoms with E-state index in [1.807, 2.05) is 19.1 Å². The summed E-state index contributed by atoms with van der Waals surface area (Å²) < 4.78 is 0. The minimum absolute atomic E-state index is 0.457. The average molecular weight is 296 g/mol. The third-order valence-corrected chi connectivity index (χ3v) is 3.41. The van der Waals surface area contributed by atoms with E-state index in [-0.39, 0.29) is 0 Å². The molecule has 0 aliphatic heterocycles. The molecule has 0 heterocycles. The zero-order valence-electron chi connectivity index (χ0n) is 12.4. The fourth-order valence-electron chi connectivity index (χ4n) is 2.07. The highest BCUT2D eigenvalue weighted by Gasteiger charge is 2.27. The van der Waals surface area contributed by atoms with Gasteiger partial charge in [-0.15, -0.1) is 0 Å². The fraction of sp³-hybridized carbons (Fsp3) is 0.500. The minimum atomic E-state index is -1.65. The number of hydrogen-bond acceptors (Lipinski definition) is 5. The normalized spacial score (nSPS) is 16.6. The van der Waals surface area contributed by atoms with E-state index in [0.29, 0.717) is 5.56 Å². The molecule has 118 valence electrons. The van der Waals surface area contributed by atoms with Crippen molar-refractivity contribution in [1.82, 2.24) is 0 Å². The molecule has 0 bridgehead atoms. The smallest absolute Gasteiger partial charge is 0.139 e. The molecule has 5 nitrogen and oxygen atoms in total. The summed E-state index contributed by atoms with van der Waals surface area (Å²) in [6.45, 7) is 3.39. The summed E-state index contributed by atoms with van der Waals surface area (Å²) >= 11 is 0. The van der Waals surface area contributed by atoms with E-state index < -0.39 is 30.7 Å². The van der Waals surface area contributed by atoms with E-state index in [2.05, 4.69) is 6.92 Å². The Kier molecular flexibility index (Phi) is 6.84. The van der Waals surface area contributed by atoms with Crippen LogP contribution in [0.3, 0.4) is 0 Å². The van der Waals surface area contributed by atoms with Crippen LogP contribution in [0.15, 0.2) is 24.0 Å². The molecule has 0 radical (unpaired) electrons. The standard InChI is InChI=1S/C16H24O5/c1-3-4-12-7-11(6-5-10(12)2)8-13(18)15(20)16(21)14(19)9-17/h5-8,14-21H,3-4,9H2,1-2H3/t14-,15+,16+/m1/s1. The maximum Gasteiger partial charge on any atom is 0.139 e. The van der Waals surface area contributed by atoms with Crippen molar-refractivity contribution < 1.29 is 25.5 Å². The molecule has 5 N–H and O–H groups in total. The fourth-order valence-corrected chi connectivity index (χ4v) is 2.07. The Morgan fingerprint density at radius 2 is 1.90 bits per heavy atom. The highest BCUT2D eigenvalue weighted by Crippen LogP contribution is 2.17. The van der Waals surface area contributed by atoms with Crippen molar-refractivity contribution in [3.8, 4) is 0 Å². The van der Waals surface area contributed by atoms with Crippen molar-refractivity contribution in [2.24, 2.45) is 0 Å². The Labute approximate surface area is 124 Å². The van der Waals surface area contributed by atoms with Gasteiger partial charge in [0.25, 0.3) is 0 Å². The van der Waals surface area contributed by atoms with E-state index in [1.165, 1.54) is 6.08 Å². The predicted octanol–water partition coefficient (Wildman–Crippen LogP) is 0.921. The van der Waals surface area contributed by atoms with Crippen molar-refractivity contribution in [2.45, 2.75) is 45.0 Å². The molecule has 0 aliphatic rings. The molecule has 1 aromatic rings. The Balaban J connectivity index is 2.93. The second-order valence-electron chi connectivity index (χ2n) is 5.19. The zero-order chi connectivity index (χ0) is 16.0. The van der Waals surface area contributed by atoms with Crippen molar-refractivity contribution in [3.05, 3.63) is 40.6 Å². The summed E-state index contributed by atoms with van der Waals surface area (Å²) in [6, 6.07) is 5.64. The van der Waals surface area contributed by atoms with Crippen molar-refractivity contribution in [1.29, 1.82) is 0 Å². The first-order chi connectivity index (χ1) is 9.90. The van der Waals surface area contributed by atoms with Crippen LogP contribution in [0, 0.1) is 6.92 Å². The first kappa shape index (κ1) is 17.7. The van der Waals surface area contributed by atoms with Crippen LogP contribution in [0.25, 0.3) is 6.08 Å². The third-order valence-electron chi connectivity index (χ3n) is 3.41. The molecule has 0 aliphatic carbocycles. The summed E-state index contributed by atoms with van der Waals surface area (Å²) in [7, 11) is 0. The first-order valence-electron chi connectivity index (χ1n) is 7.05. The molecular weight excluding hydrogens is 272 g/mol. The molecule has 0 aromatic heterocycles. The Morgan fingerprint density at radius 1 is 1.24 bits per heavy atom. The molecule has 0 fully saturated rings. The largest absolute Gasteiger partial charge is 0.509 e. The van der Waals surface area contributed by atoms with Gasteiger partial charge in [0, 0.05) is 0 Å². The summed E-state index contributed by atoms with van der Waals surface area (Å²) in [4.78, 5) is 0. The van der Waals surface area contributed by atoms with Gasteiger partial charge in [-0.05, 0) is 36.1 Å². The molecular formula is C16H24O5. The second kappa shape index (κ2) is 8.14. The quantitative estimate of drug-likeness (QED) is 0.482. The van der Waals surface area contributed by atoms with Crippen molar-refractivity contribution >= 4 is 6.08 Å². The molecule has 0 saturated carbocycles. The van der Waals surface area contributed by atoms with Crippen molar-refractivity contribution in [3.63, 3.8) is 0 Å². The van der Waals surface area contributed by atoms with Crippen molar-refractivity contribution in [2.75, 3.05) is 6.61 Å². The number of benzene rings is 1. The van der Waals surface area contributed by atoms with Crippen LogP contribution < -0.4 is 0 Å². The van der Waals surface area contributed by atoms with Crippen LogP contribution in [0.4, 0.5) is 0 Å². The second-order valence-corrected chi connectivity index (χ2v) is 5.19. The summed E-state index contributed by atoms with van der Waals surface area (Å²) in [5.74, 6) is -0.457. The van der Waals surface area contributed by atoms with Gasteiger partial charge in [0.05, 0.1) is 6.61 Å². The lowest BCUT2D eigenvalue weighted by Crippen LogP contribution is -2.40. The lowest BCUT2D eigenvalue weighted by atomic mass is 9.99. The van der Waals surface area contributed by atoms with Gasteiger partial charge < -0.3 is 25.5 Å². The van der Waals surface area contributed by atoms with Crippen LogP contribution >= 0.6 is 0 Å². The van der Waals surface area contributed by atoms with E-state index in [0.717, 1.165) is 24.0 Å². The van der Waals surface area contributed by atoms with Gasteiger partial charge >= 0.3 is 0 Å². The van der Waals surface area contributed by atoms with Gasteiger partial charge in [-0.3, -0.25) is 0 Å². The van der Waals surface area contributed by atoms with Crippen LogP contribution in [0.2, 0.25) is 0 Å². The third kappa shape index (κ3) is 4.82. The number of aliphatic hydroxyl groups excluding tert-OH is 5. The number of aryl methyl sites for hydroxylation is 2. The molecule has 0 saturated heterocycles. The van der Waals surface area contributed by atoms with E-state index in [4.69, 9.17) is 5.11 Å². The van der Waals surface area contributed by atoms with Crippen LogP contribution in [0.5, 0.6) is 0 Å². The van der Waals surface area contributed by atoms with Gasteiger partial charge in [-0.2, -0.15) is 0 Å². The number of rotatable bonds is 7. The van der Waals surface area contributed by atoms with Gasteiger partial charge in [0.1, 0.15) is 24.1 Å². The van der Waals surface area contributed by atoms with Crippen LogP contribution in [-0.2, 0) is 6.42 Å². The topological polar surface area (TPSA) is 101 Å². The predicted molar refractivity (Wildman–Crippen MR) is 80.9 cm³/mol. The summed E-state index contributed by atoms with van der Waals surface area (Å²) in [6.07, 6.45) is -1.54. The van der Waals surface area contributed by atoms with Gasteiger partial charge in [-0.25, -0.2) is 0 Å². The molecule has 1 rings (SSSR count). The maximum atomic E-state index is 9.83. The molecule has 0 amide bonds. The zero-order valence-corrected chi connectivity index (χ0v) is 12.4. The number of aliphatic hydroxyl groups is 5. The molecule has 0 unspecified atom stereocenters. The molecule has 0 spiro atoms. The van der Waals surface area contributed by atoms with Crippen LogP contribution in [0.1, 0.15) is 30.0 Å². The first-order valence-corrected chi connectivity index (χ1v) is 7.05. The molecule has 3 atom stereocenters. The maximum absolute atomic E-state index is 9.83. The Morgan fingerprint density at radius 3 is 2.48 bits per heavy atom. The highest BCUT2D eigenvalue weighted by molar-refractivity contribution is 5.54. The van der Waals surface area contributed by atoms with E-state index >= 15 is 0 Å². The molecule has 5 heteroatoms. The monoisotopic (exact) mass is 296 g/mol. The Hall–Kier alpha value is -1.40. The van der Waals surface area contributed by atoms with E-state index in [9.17, 15) is 20.4 Å².